The largest absolute Gasteiger partial charge is 0.370 e. The van der Waals surface area contributed by atoms with E-state index in [2.05, 4.69) is 36.9 Å². The molecule has 9 N–H and O–H groups in total. The highest BCUT2D eigenvalue weighted by molar-refractivity contribution is 7.20. The molecule has 5 amide bonds. The Balaban J connectivity index is 1.87. The van der Waals surface area contributed by atoms with Gasteiger partial charge in [0.2, 0.25) is 35.3 Å². The van der Waals surface area contributed by atoms with Crippen molar-refractivity contribution in [3.8, 4) is 0 Å². The van der Waals surface area contributed by atoms with E-state index in [9.17, 15) is 28.8 Å². The summed E-state index contributed by atoms with van der Waals surface area (Å²) in [4.78, 5) is 83.4. The first-order valence-electron chi connectivity index (χ1n) is 15.8. The Morgan fingerprint density at radius 2 is 1.85 bits per heavy atom. The standard InChI is InChI=1S/C31H45N9O6S/c1-17(2)15-22-28(45)39-23(16-25(42)34-13-7-6-10-21(27(44)38-22)36-18(3)41)29(46)37-20(11-8-14-35-31(32)33)26(43)30-40-19-9-4-5-12-24(19)47-30/h4-5,9,12,17,20-23H,6-8,10-11,13-16H2,1-3H3,(H,34,42)(H,36,41)(H,37,46)(H,38,44)(H,39,45)(H4,32,33,35)/t20?,21-,22-,23-/m0/s1. The van der Waals surface area contributed by atoms with Crippen molar-refractivity contribution in [2.75, 3.05) is 13.1 Å². The van der Waals surface area contributed by atoms with E-state index in [0.717, 1.165) is 4.70 Å². The maximum atomic E-state index is 13.8. The second-order valence-electron chi connectivity index (χ2n) is 11.9. The molecule has 0 spiro atoms. The van der Waals surface area contributed by atoms with Crippen LogP contribution in [0.1, 0.15) is 75.5 Å². The van der Waals surface area contributed by atoms with E-state index < -0.39 is 65.9 Å². The predicted octanol–water partition coefficient (Wildman–Crippen LogP) is 0.438. The first kappa shape index (κ1) is 36.9. The highest BCUT2D eigenvalue weighted by Gasteiger charge is 2.33. The number of nitrogens with two attached hydrogens (primary N) is 1. The van der Waals surface area contributed by atoms with Gasteiger partial charge in [-0.05, 0) is 56.6 Å². The van der Waals surface area contributed by atoms with Gasteiger partial charge in [-0.2, -0.15) is 0 Å². The van der Waals surface area contributed by atoms with Crippen molar-refractivity contribution >= 4 is 62.8 Å². The molecule has 0 bridgehead atoms. The minimum absolute atomic E-state index is 0.0286. The van der Waals surface area contributed by atoms with Crippen LogP contribution in [0.25, 0.3) is 10.2 Å². The molecule has 1 aliphatic heterocycles. The van der Waals surface area contributed by atoms with E-state index in [1.165, 1.54) is 18.3 Å². The molecular formula is C31H45N9O6S. The summed E-state index contributed by atoms with van der Waals surface area (Å²) in [5.41, 5.74) is 6.02. The summed E-state index contributed by atoms with van der Waals surface area (Å²) in [7, 11) is 0. The molecule has 0 aliphatic carbocycles. The third-order valence-electron chi connectivity index (χ3n) is 7.42. The number of nitrogens with zero attached hydrogens (tertiary/aromatic N) is 1. The van der Waals surface area contributed by atoms with Crippen LogP contribution in [0.5, 0.6) is 0 Å². The molecule has 15 nitrogen and oxygen atoms in total. The molecule has 1 aliphatic rings. The van der Waals surface area contributed by atoms with Crippen LogP contribution in [0.2, 0.25) is 0 Å². The molecule has 256 valence electrons. The highest BCUT2D eigenvalue weighted by atomic mass is 32.1. The van der Waals surface area contributed by atoms with Gasteiger partial charge in [0.15, 0.2) is 11.0 Å². The van der Waals surface area contributed by atoms with Crippen LogP contribution >= 0.6 is 11.3 Å². The highest BCUT2D eigenvalue weighted by Crippen LogP contribution is 2.23. The molecular weight excluding hydrogens is 626 g/mol. The van der Waals surface area contributed by atoms with Gasteiger partial charge in [-0.25, -0.2) is 4.98 Å². The fourth-order valence-corrected chi connectivity index (χ4v) is 6.09. The smallest absolute Gasteiger partial charge is 0.243 e. The fraction of sp³-hybridized carbons (Fsp3) is 0.548. The molecule has 0 saturated carbocycles. The van der Waals surface area contributed by atoms with Gasteiger partial charge in [-0.15, -0.1) is 11.3 Å². The second-order valence-corrected chi connectivity index (χ2v) is 13.0. The number of para-hydroxylation sites is 1. The Morgan fingerprint density at radius 3 is 2.53 bits per heavy atom. The lowest BCUT2D eigenvalue weighted by molar-refractivity contribution is -0.135. The first-order chi connectivity index (χ1) is 22.3. The molecule has 0 radical (unpaired) electrons. The Hall–Kier alpha value is -4.60. The fourth-order valence-electron chi connectivity index (χ4n) is 5.13. The molecule has 47 heavy (non-hydrogen) atoms. The van der Waals surface area contributed by atoms with E-state index in [4.69, 9.17) is 11.1 Å². The number of fused-ring (bicyclic) bond motifs is 1. The average Bonchev–Trinajstić information content (AvgIpc) is 3.44. The third kappa shape index (κ3) is 11.9. The summed E-state index contributed by atoms with van der Waals surface area (Å²) in [5.74, 6) is -3.54. The molecule has 1 aromatic carbocycles. The summed E-state index contributed by atoms with van der Waals surface area (Å²) >= 11 is 1.19. The minimum atomic E-state index is -1.37. The van der Waals surface area contributed by atoms with Gasteiger partial charge < -0.3 is 37.6 Å². The van der Waals surface area contributed by atoms with Gasteiger partial charge in [-0.3, -0.25) is 34.2 Å². The molecule has 1 unspecified atom stereocenters. The monoisotopic (exact) mass is 671 g/mol. The first-order valence-corrected chi connectivity index (χ1v) is 16.6. The molecule has 4 atom stereocenters. The Morgan fingerprint density at radius 1 is 1.11 bits per heavy atom. The number of carbonyl (C=O) groups is 6. The van der Waals surface area contributed by atoms with Crippen LogP contribution in [0, 0.1) is 11.3 Å². The summed E-state index contributed by atoms with van der Waals surface area (Å²) in [6.07, 6.45) is 1.68. The van der Waals surface area contributed by atoms with Crippen LogP contribution in [0.15, 0.2) is 24.3 Å². The predicted molar refractivity (Wildman–Crippen MR) is 177 cm³/mol. The number of thiazole rings is 1. The number of hydrogen-bond donors (Lipinski definition) is 8. The van der Waals surface area contributed by atoms with E-state index in [1.807, 2.05) is 26.0 Å². The molecule has 1 aromatic heterocycles. The Bertz CT molecular complexity index is 1430. The lowest BCUT2D eigenvalue weighted by atomic mass is 10.0. The zero-order valence-corrected chi connectivity index (χ0v) is 27.8. The molecule has 3 rings (SSSR count). The van der Waals surface area contributed by atoms with Crippen molar-refractivity contribution in [1.82, 2.24) is 36.9 Å². The van der Waals surface area contributed by atoms with Gasteiger partial charge in [0.1, 0.15) is 18.1 Å². The van der Waals surface area contributed by atoms with Crippen molar-refractivity contribution < 1.29 is 28.8 Å². The Labute approximate surface area is 277 Å². The number of rotatable bonds is 11. The molecule has 2 aromatic rings. The summed E-state index contributed by atoms with van der Waals surface area (Å²) in [6.45, 7) is 5.57. The minimum Gasteiger partial charge on any atom is -0.370 e. The van der Waals surface area contributed by atoms with Crippen molar-refractivity contribution in [1.29, 1.82) is 5.41 Å². The van der Waals surface area contributed by atoms with Gasteiger partial charge in [0.05, 0.1) is 22.7 Å². The number of amides is 5. The summed E-state index contributed by atoms with van der Waals surface area (Å²) < 4.78 is 0.799. The third-order valence-corrected chi connectivity index (χ3v) is 8.47. The van der Waals surface area contributed by atoms with Gasteiger partial charge in [0, 0.05) is 20.0 Å². The number of ketones is 1. The zero-order valence-electron chi connectivity index (χ0n) is 26.9. The van der Waals surface area contributed by atoms with Crippen LogP contribution in [-0.4, -0.2) is 83.5 Å². The zero-order chi connectivity index (χ0) is 34.5. The number of Topliss-reactive ketones (excluding diaryl/α,β-unsaturated/α-hetero) is 1. The average molecular weight is 672 g/mol. The Kier molecular flexibility index (Phi) is 14.1. The molecule has 1 saturated heterocycles. The van der Waals surface area contributed by atoms with Crippen molar-refractivity contribution in [2.24, 2.45) is 11.7 Å². The second kappa shape index (κ2) is 17.9. The maximum Gasteiger partial charge on any atom is 0.243 e. The van der Waals surface area contributed by atoms with Crippen LogP contribution < -0.4 is 37.6 Å². The van der Waals surface area contributed by atoms with Crippen LogP contribution in [0.3, 0.4) is 0 Å². The van der Waals surface area contributed by atoms with E-state index in [1.54, 1.807) is 12.1 Å². The van der Waals surface area contributed by atoms with E-state index in [-0.39, 0.29) is 42.8 Å². The summed E-state index contributed by atoms with van der Waals surface area (Å²) in [6, 6.07) is 2.88. The number of nitrogens with one attached hydrogen (secondary N) is 7. The number of guanidine groups is 1. The quantitative estimate of drug-likeness (QED) is 0.0715. The number of aromatic nitrogens is 1. The molecule has 2 heterocycles. The van der Waals surface area contributed by atoms with Crippen molar-refractivity contribution in [2.45, 2.75) is 89.9 Å². The number of benzene rings is 1. The van der Waals surface area contributed by atoms with Crippen LogP contribution in [-0.2, 0) is 24.0 Å². The van der Waals surface area contributed by atoms with Gasteiger partial charge >= 0.3 is 0 Å². The number of carbonyl (C=O) groups excluding carboxylic acids is 6. The van der Waals surface area contributed by atoms with Crippen LogP contribution in [0.4, 0.5) is 0 Å². The van der Waals surface area contributed by atoms with E-state index >= 15 is 0 Å². The van der Waals surface area contributed by atoms with Crippen molar-refractivity contribution in [3.63, 3.8) is 0 Å². The normalized spacial score (nSPS) is 20.3. The topological polar surface area (TPSA) is 237 Å². The lowest BCUT2D eigenvalue weighted by Gasteiger charge is -2.27. The summed E-state index contributed by atoms with van der Waals surface area (Å²) in [5, 5.41) is 23.7. The molecule has 16 heteroatoms. The van der Waals surface area contributed by atoms with Crippen molar-refractivity contribution in [3.05, 3.63) is 29.3 Å². The maximum absolute atomic E-state index is 13.8. The SMILES string of the molecule is CC(=O)N[C@H]1CCCCNC(=O)C[C@@H](C(=O)NC(CCCNC(=N)N)C(=O)c2nc3ccccc3s2)NC(=O)[C@H](CC(C)C)NC1=O. The van der Waals surface area contributed by atoms with E-state index in [0.29, 0.717) is 31.2 Å². The lowest BCUT2D eigenvalue weighted by Crippen LogP contribution is -2.58. The van der Waals surface area contributed by atoms with Gasteiger partial charge in [-0.1, -0.05) is 26.0 Å². The molecule has 1 fully saturated rings. The van der Waals surface area contributed by atoms with Gasteiger partial charge in [0.25, 0.3) is 0 Å². The number of hydrogen-bond acceptors (Lipinski definition) is 9.